The standard InChI is InChI=1S/C10H20F3NO/c1-4-6-14-7-9(5-2)15-8(3)10(11,12)13/h8-9,14H,4-7H2,1-3H3. The van der Waals surface area contributed by atoms with Gasteiger partial charge in [-0.1, -0.05) is 13.8 Å². The maximum atomic E-state index is 12.2. The van der Waals surface area contributed by atoms with E-state index in [-0.39, 0.29) is 6.10 Å². The van der Waals surface area contributed by atoms with Crippen molar-refractivity contribution in [2.24, 2.45) is 0 Å². The van der Waals surface area contributed by atoms with Gasteiger partial charge in [0.05, 0.1) is 6.10 Å². The molecule has 5 heteroatoms. The highest BCUT2D eigenvalue weighted by Gasteiger charge is 2.38. The third-order valence-corrected chi connectivity index (χ3v) is 2.11. The van der Waals surface area contributed by atoms with Crippen molar-refractivity contribution in [3.8, 4) is 0 Å². The Labute approximate surface area is 89.2 Å². The van der Waals surface area contributed by atoms with Crippen LogP contribution < -0.4 is 5.32 Å². The van der Waals surface area contributed by atoms with E-state index in [9.17, 15) is 13.2 Å². The minimum Gasteiger partial charge on any atom is -0.365 e. The zero-order valence-electron chi connectivity index (χ0n) is 9.53. The van der Waals surface area contributed by atoms with E-state index < -0.39 is 12.3 Å². The molecular weight excluding hydrogens is 207 g/mol. The number of hydrogen-bond donors (Lipinski definition) is 1. The van der Waals surface area contributed by atoms with Crippen LogP contribution >= 0.6 is 0 Å². The summed E-state index contributed by atoms with van der Waals surface area (Å²) in [7, 11) is 0. The van der Waals surface area contributed by atoms with Crippen LogP contribution in [0.25, 0.3) is 0 Å². The molecule has 0 saturated heterocycles. The molecule has 0 aliphatic rings. The Bertz CT molecular complexity index is 161. The lowest BCUT2D eigenvalue weighted by Crippen LogP contribution is -2.37. The van der Waals surface area contributed by atoms with E-state index in [0.29, 0.717) is 13.0 Å². The van der Waals surface area contributed by atoms with Gasteiger partial charge in [0.1, 0.15) is 0 Å². The van der Waals surface area contributed by atoms with Crippen LogP contribution in [0.5, 0.6) is 0 Å². The third kappa shape index (κ3) is 6.73. The van der Waals surface area contributed by atoms with Gasteiger partial charge >= 0.3 is 6.18 Å². The fourth-order valence-electron chi connectivity index (χ4n) is 1.09. The van der Waals surface area contributed by atoms with Crippen LogP contribution in [0.2, 0.25) is 0 Å². The Hall–Kier alpha value is -0.290. The maximum absolute atomic E-state index is 12.2. The lowest BCUT2D eigenvalue weighted by atomic mass is 10.2. The van der Waals surface area contributed by atoms with Crippen LogP contribution in [0.1, 0.15) is 33.6 Å². The van der Waals surface area contributed by atoms with Crippen molar-refractivity contribution >= 4 is 0 Å². The molecule has 1 N–H and O–H groups in total. The van der Waals surface area contributed by atoms with E-state index in [0.717, 1.165) is 19.9 Å². The average molecular weight is 227 g/mol. The van der Waals surface area contributed by atoms with Gasteiger partial charge in [-0.2, -0.15) is 13.2 Å². The molecule has 0 aliphatic carbocycles. The SMILES string of the molecule is CCCNCC(CC)OC(C)C(F)(F)F. The lowest BCUT2D eigenvalue weighted by Gasteiger charge is -2.23. The van der Waals surface area contributed by atoms with Gasteiger partial charge in [-0.25, -0.2) is 0 Å². The van der Waals surface area contributed by atoms with Crippen LogP contribution in [-0.2, 0) is 4.74 Å². The van der Waals surface area contributed by atoms with Crippen LogP contribution in [-0.4, -0.2) is 31.5 Å². The van der Waals surface area contributed by atoms with Crippen LogP contribution in [0.15, 0.2) is 0 Å². The van der Waals surface area contributed by atoms with Crippen molar-refractivity contribution in [1.82, 2.24) is 5.32 Å². The van der Waals surface area contributed by atoms with Gasteiger partial charge in [0, 0.05) is 6.54 Å². The summed E-state index contributed by atoms with van der Waals surface area (Å²) < 4.78 is 41.5. The van der Waals surface area contributed by atoms with Crippen molar-refractivity contribution in [3.05, 3.63) is 0 Å². The molecule has 92 valence electrons. The summed E-state index contributed by atoms with van der Waals surface area (Å²) in [6.07, 6.45) is -4.78. The molecule has 0 aromatic heterocycles. The van der Waals surface area contributed by atoms with Gasteiger partial charge in [0.2, 0.25) is 0 Å². The molecular formula is C10H20F3NO. The molecule has 0 rings (SSSR count). The molecule has 0 fully saturated rings. The van der Waals surface area contributed by atoms with E-state index in [2.05, 4.69) is 5.32 Å². The number of ether oxygens (including phenoxy) is 1. The summed E-state index contributed by atoms with van der Waals surface area (Å²) in [4.78, 5) is 0. The summed E-state index contributed by atoms with van der Waals surface area (Å²) in [5, 5.41) is 3.05. The van der Waals surface area contributed by atoms with E-state index in [1.54, 1.807) is 0 Å². The molecule has 2 unspecified atom stereocenters. The Morgan fingerprint density at radius 2 is 1.87 bits per heavy atom. The molecule has 0 spiro atoms. The number of rotatable bonds is 7. The highest BCUT2D eigenvalue weighted by Crippen LogP contribution is 2.23. The molecule has 0 aromatic rings. The highest BCUT2D eigenvalue weighted by molar-refractivity contribution is 4.67. The summed E-state index contributed by atoms with van der Waals surface area (Å²) in [6, 6.07) is 0. The Kier molecular flexibility index (Phi) is 6.92. The first kappa shape index (κ1) is 14.7. The van der Waals surface area contributed by atoms with Crippen molar-refractivity contribution in [1.29, 1.82) is 0 Å². The number of nitrogens with one attached hydrogen (secondary N) is 1. The molecule has 15 heavy (non-hydrogen) atoms. The van der Waals surface area contributed by atoms with Gasteiger partial charge in [0.15, 0.2) is 6.10 Å². The molecule has 0 aliphatic heterocycles. The van der Waals surface area contributed by atoms with Crippen molar-refractivity contribution in [2.45, 2.75) is 52.0 Å². The summed E-state index contributed by atoms with van der Waals surface area (Å²) in [6.45, 7) is 6.15. The number of hydrogen-bond acceptors (Lipinski definition) is 2. The number of halogens is 3. The van der Waals surface area contributed by atoms with Crippen LogP contribution in [0, 0.1) is 0 Å². The number of alkyl halides is 3. The van der Waals surface area contributed by atoms with E-state index in [4.69, 9.17) is 4.74 Å². The monoisotopic (exact) mass is 227 g/mol. The van der Waals surface area contributed by atoms with Crippen molar-refractivity contribution < 1.29 is 17.9 Å². The molecule has 2 nitrogen and oxygen atoms in total. The Balaban J connectivity index is 3.88. The highest BCUT2D eigenvalue weighted by atomic mass is 19.4. The van der Waals surface area contributed by atoms with E-state index in [1.165, 1.54) is 0 Å². The first-order valence-corrected chi connectivity index (χ1v) is 5.34. The molecule has 0 saturated carbocycles. The molecule has 2 atom stereocenters. The minimum absolute atomic E-state index is 0.367. The summed E-state index contributed by atoms with van der Waals surface area (Å²) in [5.41, 5.74) is 0. The van der Waals surface area contributed by atoms with Crippen LogP contribution in [0.3, 0.4) is 0 Å². The van der Waals surface area contributed by atoms with Crippen molar-refractivity contribution in [3.63, 3.8) is 0 Å². The summed E-state index contributed by atoms with van der Waals surface area (Å²) >= 11 is 0. The lowest BCUT2D eigenvalue weighted by molar-refractivity contribution is -0.226. The van der Waals surface area contributed by atoms with Crippen molar-refractivity contribution in [2.75, 3.05) is 13.1 Å². The molecule has 0 heterocycles. The minimum atomic E-state index is -4.27. The fourth-order valence-corrected chi connectivity index (χ4v) is 1.09. The smallest absolute Gasteiger partial charge is 0.365 e. The zero-order valence-corrected chi connectivity index (χ0v) is 9.53. The molecule has 0 radical (unpaired) electrons. The van der Waals surface area contributed by atoms with Gasteiger partial charge in [-0.15, -0.1) is 0 Å². The van der Waals surface area contributed by atoms with Gasteiger partial charge in [-0.3, -0.25) is 0 Å². The molecule has 0 aromatic carbocycles. The first-order valence-electron chi connectivity index (χ1n) is 5.34. The largest absolute Gasteiger partial charge is 0.414 e. The molecule has 0 bridgehead atoms. The Morgan fingerprint density at radius 1 is 1.27 bits per heavy atom. The fraction of sp³-hybridized carbons (Fsp3) is 1.00. The van der Waals surface area contributed by atoms with Crippen LogP contribution in [0.4, 0.5) is 13.2 Å². The van der Waals surface area contributed by atoms with Gasteiger partial charge in [-0.05, 0) is 26.3 Å². The second-order valence-corrected chi connectivity index (χ2v) is 3.55. The quantitative estimate of drug-likeness (QED) is 0.675. The van der Waals surface area contributed by atoms with E-state index in [1.807, 2.05) is 13.8 Å². The van der Waals surface area contributed by atoms with Gasteiger partial charge in [0.25, 0.3) is 0 Å². The van der Waals surface area contributed by atoms with Gasteiger partial charge < -0.3 is 10.1 Å². The first-order chi connectivity index (χ1) is 6.91. The predicted octanol–water partition coefficient (Wildman–Crippen LogP) is 2.73. The normalized spacial score (nSPS) is 16.4. The Morgan fingerprint density at radius 3 is 2.27 bits per heavy atom. The van der Waals surface area contributed by atoms with E-state index >= 15 is 0 Å². The molecule has 0 amide bonds. The second-order valence-electron chi connectivity index (χ2n) is 3.55. The average Bonchev–Trinajstić information content (AvgIpc) is 2.14. The topological polar surface area (TPSA) is 21.3 Å². The zero-order chi connectivity index (χ0) is 11.9. The second kappa shape index (κ2) is 7.06. The maximum Gasteiger partial charge on any atom is 0.414 e. The predicted molar refractivity (Wildman–Crippen MR) is 53.8 cm³/mol. The summed E-state index contributed by atoms with van der Waals surface area (Å²) in [5.74, 6) is 0. The third-order valence-electron chi connectivity index (χ3n) is 2.11.